The number of para-hydroxylation sites is 1. The SMILES string of the molecule is COc1ccc(/C=N/NC(=O)CNc2ccccc2)cc1Br. The lowest BCUT2D eigenvalue weighted by molar-refractivity contribution is -0.119. The topological polar surface area (TPSA) is 62.7 Å². The Labute approximate surface area is 137 Å². The first-order valence-electron chi connectivity index (χ1n) is 6.63. The van der Waals surface area contributed by atoms with Crippen LogP contribution in [-0.4, -0.2) is 25.8 Å². The third kappa shape index (κ3) is 4.89. The summed E-state index contributed by atoms with van der Waals surface area (Å²) < 4.78 is 5.98. The van der Waals surface area contributed by atoms with Gasteiger partial charge < -0.3 is 10.1 Å². The standard InChI is InChI=1S/C16H16BrN3O2/c1-22-15-8-7-12(9-14(15)17)10-19-20-16(21)11-18-13-5-3-2-4-6-13/h2-10,18H,11H2,1H3,(H,20,21)/b19-10+. The second kappa shape index (κ2) is 8.19. The van der Waals surface area contributed by atoms with Crippen LogP contribution in [0.2, 0.25) is 0 Å². The summed E-state index contributed by atoms with van der Waals surface area (Å²) in [5, 5.41) is 6.93. The number of hydrogen-bond donors (Lipinski definition) is 2. The van der Waals surface area contributed by atoms with Crippen LogP contribution in [0.1, 0.15) is 5.56 Å². The van der Waals surface area contributed by atoms with Gasteiger partial charge in [-0.25, -0.2) is 5.43 Å². The van der Waals surface area contributed by atoms with Crippen molar-refractivity contribution < 1.29 is 9.53 Å². The van der Waals surface area contributed by atoms with Gasteiger partial charge in [-0.2, -0.15) is 5.10 Å². The van der Waals surface area contributed by atoms with E-state index in [9.17, 15) is 4.79 Å². The van der Waals surface area contributed by atoms with Gasteiger partial charge in [0, 0.05) is 5.69 Å². The lowest BCUT2D eigenvalue weighted by Gasteiger charge is -2.05. The summed E-state index contributed by atoms with van der Waals surface area (Å²) in [5.74, 6) is 0.529. The summed E-state index contributed by atoms with van der Waals surface area (Å²) >= 11 is 3.39. The van der Waals surface area contributed by atoms with Gasteiger partial charge in [0.05, 0.1) is 24.3 Å². The van der Waals surface area contributed by atoms with E-state index in [1.807, 2.05) is 48.5 Å². The molecule has 0 heterocycles. The van der Waals surface area contributed by atoms with E-state index in [2.05, 4.69) is 31.8 Å². The maximum atomic E-state index is 11.7. The van der Waals surface area contributed by atoms with Crippen molar-refractivity contribution in [2.75, 3.05) is 19.0 Å². The molecule has 0 aromatic heterocycles. The highest BCUT2D eigenvalue weighted by Gasteiger charge is 2.01. The predicted molar refractivity (Wildman–Crippen MR) is 91.4 cm³/mol. The van der Waals surface area contributed by atoms with Gasteiger partial charge in [-0.05, 0) is 51.8 Å². The summed E-state index contributed by atoms with van der Waals surface area (Å²) in [7, 11) is 1.60. The van der Waals surface area contributed by atoms with Gasteiger partial charge in [0.2, 0.25) is 0 Å². The Balaban J connectivity index is 1.81. The molecule has 5 nitrogen and oxygen atoms in total. The number of carbonyl (C=O) groups is 1. The zero-order chi connectivity index (χ0) is 15.8. The van der Waals surface area contributed by atoms with Crippen molar-refractivity contribution in [3.8, 4) is 5.75 Å². The van der Waals surface area contributed by atoms with Gasteiger partial charge in [0.1, 0.15) is 5.75 Å². The number of carbonyl (C=O) groups excluding carboxylic acids is 1. The van der Waals surface area contributed by atoms with Crippen LogP contribution in [0, 0.1) is 0 Å². The molecule has 0 unspecified atom stereocenters. The van der Waals surface area contributed by atoms with Gasteiger partial charge >= 0.3 is 0 Å². The smallest absolute Gasteiger partial charge is 0.259 e. The molecule has 22 heavy (non-hydrogen) atoms. The van der Waals surface area contributed by atoms with Crippen LogP contribution in [0.25, 0.3) is 0 Å². The molecule has 114 valence electrons. The van der Waals surface area contributed by atoms with Crippen LogP contribution in [0.15, 0.2) is 58.1 Å². The number of rotatable bonds is 6. The fourth-order valence-electron chi connectivity index (χ4n) is 1.72. The zero-order valence-electron chi connectivity index (χ0n) is 12.0. The van der Waals surface area contributed by atoms with E-state index in [4.69, 9.17) is 4.74 Å². The number of amides is 1. The van der Waals surface area contributed by atoms with Crippen LogP contribution in [-0.2, 0) is 4.79 Å². The van der Waals surface area contributed by atoms with Crippen molar-refractivity contribution in [3.63, 3.8) is 0 Å². The number of methoxy groups -OCH3 is 1. The molecule has 2 rings (SSSR count). The number of nitrogens with one attached hydrogen (secondary N) is 2. The molecule has 0 radical (unpaired) electrons. The maximum Gasteiger partial charge on any atom is 0.259 e. The van der Waals surface area contributed by atoms with Gasteiger partial charge in [0.15, 0.2) is 0 Å². The summed E-state index contributed by atoms with van der Waals surface area (Å²) in [5.41, 5.74) is 4.21. The molecule has 2 aromatic rings. The Hall–Kier alpha value is -2.34. The van der Waals surface area contributed by atoms with E-state index in [1.165, 1.54) is 0 Å². The van der Waals surface area contributed by atoms with Gasteiger partial charge in [0.25, 0.3) is 5.91 Å². The van der Waals surface area contributed by atoms with Crippen molar-refractivity contribution in [1.29, 1.82) is 0 Å². The van der Waals surface area contributed by atoms with E-state index in [1.54, 1.807) is 13.3 Å². The van der Waals surface area contributed by atoms with Crippen LogP contribution in [0.3, 0.4) is 0 Å². The molecule has 0 saturated carbocycles. The van der Waals surface area contributed by atoms with E-state index in [0.717, 1.165) is 21.5 Å². The molecule has 0 aliphatic heterocycles. The van der Waals surface area contributed by atoms with Crippen molar-refractivity contribution in [2.45, 2.75) is 0 Å². The predicted octanol–water partition coefficient (Wildman–Crippen LogP) is 3.02. The normalized spacial score (nSPS) is 10.5. The summed E-state index contributed by atoms with van der Waals surface area (Å²) in [6.45, 7) is 0.160. The Morgan fingerprint density at radius 2 is 2.05 bits per heavy atom. The molecule has 2 aromatic carbocycles. The van der Waals surface area contributed by atoms with E-state index < -0.39 is 0 Å². The van der Waals surface area contributed by atoms with Crippen molar-refractivity contribution in [1.82, 2.24) is 5.43 Å². The monoisotopic (exact) mass is 361 g/mol. The highest BCUT2D eigenvalue weighted by atomic mass is 79.9. The minimum Gasteiger partial charge on any atom is -0.496 e. The quantitative estimate of drug-likeness (QED) is 0.613. The number of ether oxygens (including phenoxy) is 1. The van der Waals surface area contributed by atoms with Crippen molar-refractivity contribution in [2.24, 2.45) is 5.10 Å². The molecule has 6 heteroatoms. The number of nitrogens with zero attached hydrogens (tertiary/aromatic N) is 1. The molecule has 0 saturated heterocycles. The zero-order valence-corrected chi connectivity index (χ0v) is 13.6. The molecule has 0 spiro atoms. The fraction of sp³-hybridized carbons (Fsp3) is 0.125. The third-order valence-electron chi connectivity index (χ3n) is 2.81. The molecule has 0 aliphatic carbocycles. The average molecular weight is 362 g/mol. The van der Waals surface area contributed by atoms with Crippen molar-refractivity contribution >= 4 is 33.7 Å². The fourth-order valence-corrected chi connectivity index (χ4v) is 2.28. The third-order valence-corrected chi connectivity index (χ3v) is 3.43. The molecule has 0 atom stereocenters. The Bertz CT molecular complexity index is 660. The number of hydrazone groups is 1. The van der Waals surface area contributed by atoms with Gasteiger partial charge in [-0.15, -0.1) is 0 Å². The Morgan fingerprint density at radius 1 is 1.27 bits per heavy atom. The van der Waals surface area contributed by atoms with E-state index in [-0.39, 0.29) is 12.5 Å². The van der Waals surface area contributed by atoms with Crippen LogP contribution >= 0.6 is 15.9 Å². The van der Waals surface area contributed by atoms with Crippen LogP contribution in [0.5, 0.6) is 5.75 Å². The molecular weight excluding hydrogens is 346 g/mol. The highest BCUT2D eigenvalue weighted by molar-refractivity contribution is 9.10. The first-order chi connectivity index (χ1) is 10.7. The number of anilines is 1. The minimum atomic E-state index is -0.215. The second-order valence-electron chi connectivity index (χ2n) is 4.41. The maximum absolute atomic E-state index is 11.7. The van der Waals surface area contributed by atoms with Crippen LogP contribution < -0.4 is 15.5 Å². The molecule has 1 amide bonds. The molecule has 0 aliphatic rings. The minimum absolute atomic E-state index is 0.160. The van der Waals surface area contributed by atoms with Crippen LogP contribution in [0.4, 0.5) is 5.69 Å². The lowest BCUT2D eigenvalue weighted by Crippen LogP contribution is -2.25. The lowest BCUT2D eigenvalue weighted by atomic mass is 10.2. The largest absolute Gasteiger partial charge is 0.496 e. The number of hydrogen-bond acceptors (Lipinski definition) is 4. The van der Waals surface area contributed by atoms with Crippen molar-refractivity contribution in [3.05, 3.63) is 58.6 Å². The number of halogens is 1. The molecular formula is C16H16BrN3O2. The Kier molecular flexibility index (Phi) is 5.97. The summed E-state index contributed by atoms with van der Waals surface area (Å²) in [6, 6.07) is 15.0. The first kappa shape index (κ1) is 16.0. The molecule has 2 N–H and O–H groups in total. The Morgan fingerprint density at radius 3 is 2.73 bits per heavy atom. The number of benzene rings is 2. The average Bonchev–Trinajstić information content (AvgIpc) is 2.54. The summed E-state index contributed by atoms with van der Waals surface area (Å²) in [6.07, 6.45) is 1.57. The molecule has 0 bridgehead atoms. The molecule has 0 fully saturated rings. The highest BCUT2D eigenvalue weighted by Crippen LogP contribution is 2.24. The van der Waals surface area contributed by atoms with E-state index >= 15 is 0 Å². The first-order valence-corrected chi connectivity index (χ1v) is 7.42. The van der Waals surface area contributed by atoms with Gasteiger partial charge in [-0.1, -0.05) is 18.2 Å². The van der Waals surface area contributed by atoms with E-state index in [0.29, 0.717) is 0 Å². The second-order valence-corrected chi connectivity index (χ2v) is 5.26. The van der Waals surface area contributed by atoms with Gasteiger partial charge in [-0.3, -0.25) is 4.79 Å². The summed E-state index contributed by atoms with van der Waals surface area (Å²) in [4.78, 5) is 11.7.